The number of carbonyl (C=O) groups excluding carboxylic acids is 1. The fraction of sp³-hybridized carbons (Fsp3) is 0.857. The lowest BCUT2D eigenvalue weighted by molar-refractivity contribution is -0.150. The second-order valence-electron chi connectivity index (χ2n) is 5.88. The van der Waals surface area contributed by atoms with Gasteiger partial charge in [0.1, 0.15) is 6.04 Å². The summed E-state index contributed by atoms with van der Waals surface area (Å²) in [7, 11) is 0. The number of hydrogen-bond acceptors (Lipinski definition) is 3. The summed E-state index contributed by atoms with van der Waals surface area (Å²) in [6, 6.07) is -1.19. The van der Waals surface area contributed by atoms with Gasteiger partial charge in [0.15, 0.2) is 0 Å². The molecule has 4 unspecified atom stereocenters. The zero-order valence-corrected chi connectivity index (χ0v) is 11.5. The fourth-order valence-corrected chi connectivity index (χ4v) is 3.61. The van der Waals surface area contributed by atoms with Crippen LogP contribution in [0.2, 0.25) is 0 Å². The maximum atomic E-state index is 12.3. The molecule has 0 radical (unpaired) electrons. The molecule has 5 nitrogen and oxygen atoms in total. The van der Waals surface area contributed by atoms with Gasteiger partial charge in [0, 0.05) is 6.54 Å². The van der Waals surface area contributed by atoms with Crippen molar-refractivity contribution in [3.63, 3.8) is 0 Å². The van der Waals surface area contributed by atoms with E-state index in [4.69, 9.17) is 5.73 Å². The molecule has 0 bridgehead atoms. The number of rotatable bonds is 5. The van der Waals surface area contributed by atoms with Crippen LogP contribution in [0.3, 0.4) is 0 Å². The van der Waals surface area contributed by atoms with E-state index in [1.807, 2.05) is 0 Å². The molecule has 0 aromatic carbocycles. The summed E-state index contributed by atoms with van der Waals surface area (Å²) >= 11 is 0. The molecule has 1 saturated heterocycles. The average molecular weight is 268 g/mol. The van der Waals surface area contributed by atoms with E-state index < -0.39 is 18.1 Å². The van der Waals surface area contributed by atoms with Gasteiger partial charge in [-0.3, -0.25) is 4.79 Å². The van der Waals surface area contributed by atoms with Crippen LogP contribution in [-0.4, -0.2) is 40.5 Å². The molecule has 2 rings (SSSR count). The maximum Gasteiger partial charge on any atom is 0.326 e. The minimum absolute atomic E-state index is 0.139. The number of nitrogens with two attached hydrogens (primary N) is 1. The number of amides is 1. The Balaban J connectivity index is 2.06. The summed E-state index contributed by atoms with van der Waals surface area (Å²) < 4.78 is 0. The first-order chi connectivity index (χ1) is 9.06. The summed E-state index contributed by atoms with van der Waals surface area (Å²) in [5.41, 5.74) is 5.91. The molecule has 3 N–H and O–H groups in total. The van der Waals surface area contributed by atoms with E-state index in [-0.39, 0.29) is 11.8 Å². The van der Waals surface area contributed by atoms with Gasteiger partial charge in [-0.15, -0.1) is 0 Å². The van der Waals surface area contributed by atoms with Gasteiger partial charge in [-0.1, -0.05) is 26.2 Å². The number of likely N-dealkylation sites (tertiary alicyclic amines) is 1. The molecule has 0 spiro atoms. The molecule has 108 valence electrons. The van der Waals surface area contributed by atoms with Crippen LogP contribution in [0.15, 0.2) is 0 Å². The third kappa shape index (κ3) is 2.76. The molecule has 1 amide bonds. The maximum absolute atomic E-state index is 12.3. The highest BCUT2D eigenvalue weighted by Gasteiger charge is 2.49. The largest absolute Gasteiger partial charge is 0.480 e. The van der Waals surface area contributed by atoms with Crippen molar-refractivity contribution in [2.75, 3.05) is 6.54 Å². The van der Waals surface area contributed by atoms with Gasteiger partial charge >= 0.3 is 5.97 Å². The number of hydrogen-bond donors (Lipinski definition) is 2. The molecule has 1 heterocycles. The van der Waals surface area contributed by atoms with Crippen LogP contribution in [0.25, 0.3) is 0 Å². The van der Waals surface area contributed by atoms with Crippen LogP contribution in [0.5, 0.6) is 0 Å². The number of carboxylic acids is 1. The standard InChI is InChI=1S/C14H24N2O3/c1-2-3-7-11(15)13(17)16-8-9-5-4-6-10(9)12(16)14(18)19/h9-12H,2-8,15H2,1H3,(H,18,19). The predicted molar refractivity (Wildman–Crippen MR) is 71.5 cm³/mol. The Morgan fingerprint density at radius 3 is 2.79 bits per heavy atom. The summed E-state index contributed by atoms with van der Waals surface area (Å²) in [6.07, 6.45) is 5.61. The van der Waals surface area contributed by atoms with Gasteiger partial charge in [-0.25, -0.2) is 4.79 Å². The van der Waals surface area contributed by atoms with Crippen molar-refractivity contribution >= 4 is 11.9 Å². The van der Waals surface area contributed by atoms with Crippen molar-refractivity contribution in [2.45, 2.75) is 57.5 Å². The van der Waals surface area contributed by atoms with Crippen molar-refractivity contribution < 1.29 is 14.7 Å². The van der Waals surface area contributed by atoms with E-state index in [1.165, 1.54) is 4.90 Å². The third-order valence-corrected chi connectivity index (χ3v) is 4.61. The molecular weight excluding hydrogens is 244 g/mol. The van der Waals surface area contributed by atoms with Crippen LogP contribution in [0.4, 0.5) is 0 Å². The van der Waals surface area contributed by atoms with Crippen molar-refractivity contribution in [2.24, 2.45) is 17.6 Å². The lowest BCUT2D eigenvalue weighted by Gasteiger charge is -2.27. The van der Waals surface area contributed by atoms with Crippen LogP contribution in [-0.2, 0) is 9.59 Å². The first-order valence-electron chi connectivity index (χ1n) is 7.35. The fourth-order valence-electron chi connectivity index (χ4n) is 3.61. The normalized spacial score (nSPS) is 31.3. The molecule has 4 atom stereocenters. The third-order valence-electron chi connectivity index (χ3n) is 4.61. The molecule has 1 saturated carbocycles. The van der Waals surface area contributed by atoms with Crippen molar-refractivity contribution in [1.82, 2.24) is 4.90 Å². The Bertz CT molecular complexity index is 359. The zero-order valence-electron chi connectivity index (χ0n) is 11.5. The Hall–Kier alpha value is -1.10. The topological polar surface area (TPSA) is 83.6 Å². The summed E-state index contributed by atoms with van der Waals surface area (Å²) in [5, 5.41) is 9.40. The van der Waals surface area contributed by atoms with Crippen molar-refractivity contribution in [3.8, 4) is 0 Å². The smallest absolute Gasteiger partial charge is 0.326 e. The predicted octanol–water partition coefficient (Wildman–Crippen LogP) is 1.22. The van der Waals surface area contributed by atoms with Gasteiger partial charge in [0.05, 0.1) is 6.04 Å². The van der Waals surface area contributed by atoms with Gasteiger partial charge in [-0.2, -0.15) is 0 Å². The van der Waals surface area contributed by atoms with Gasteiger partial charge in [-0.05, 0) is 31.1 Å². The highest BCUT2D eigenvalue weighted by molar-refractivity contribution is 5.87. The Labute approximate surface area is 114 Å². The van der Waals surface area contributed by atoms with E-state index >= 15 is 0 Å². The number of carboxylic acid groups (broad SMARTS) is 1. The molecule has 19 heavy (non-hydrogen) atoms. The second-order valence-corrected chi connectivity index (χ2v) is 5.88. The number of aliphatic carboxylic acids is 1. The minimum atomic E-state index is -0.870. The molecule has 1 aliphatic heterocycles. The Morgan fingerprint density at radius 1 is 1.42 bits per heavy atom. The first kappa shape index (κ1) is 14.3. The SMILES string of the molecule is CCCCC(N)C(=O)N1CC2CCCC2C1C(=O)O. The number of nitrogens with zero attached hydrogens (tertiary/aromatic N) is 1. The molecule has 0 aromatic heterocycles. The molecule has 2 fully saturated rings. The lowest BCUT2D eigenvalue weighted by atomic mass is 9.94. The van der Waals surface area contributed by atoms with E-state index in [0.29, 0.717) is 18.9 Å². The second kappa shape index (κ2) is 5.90. The highest BCUT2D eigenvalue weighted by Crippen LogP contribution is 2.42. The van der Waals surface area contributed by atoms with E-state index in [9.17, 15) is 14.7 Å². The molecule has 5 heteroatoms. The monoisotopic (exact) mass is 268 g/mol. The van der Waals surface area contributed by atoms with Gasteiger partial charge in [0.25, 0.3) is 0 Å². The molecule has 2 aliphatic rings. The first-order valence-corrected chi connectivity index (χ1v) is 7.35. The van der Waals surface area contributed by atoms with Crippen LogP contribution >= 0.6 is 0 Å². The Morgan fingerprint density at radius 2 is 2.16 bits per heavy atom. The van der Waals surface area contributed by atoms with Crippen molar-refractivity contribution in [3.05, 3.63) is 0 Å². The molecule has 1 aliphatic carbocycles. The summed E-state index contributed by atoms with van der Waals surface area (Å²) in [6.45, 7) is 2.64. The van der Waals surface area contributed by atoms with Crippen molar-refractivity contribution in [1.29, 1.82) is 0 Å². The summed E-state index contributed by atoms with van der Waals surface area (Å²) in [5.74, 6) is -0.538. The van der Waals surface area contributed by atoms with Gasteiger partial charge < -0.3 is 15.7 Å². The quantitative estimate of drug-likeness (QED) is 0.785. The zero-order chi connectivity index (χ0) is 14.0. The van der Waals surface area contributed by atoms with E-state index in [2.05, 4.69) is 6.92 Å². The number of carbonyl (C=O) groups is 2. The van der Waals surface area contributed by atoms with Crippen LogP contribution in [0.1, 0.15) is 45.4 Å². The highest BCUT2D eigenvalue weighted by atomic mass is 16.4. The van der Waals surface area contributed by atoms with Crippen LogP contribution < -0.4 is 5.73 Å². The minimum Gasteiger partial charge on any atom is -0.480 e. The number of fused-ring (bicyclic) bond motifs is 1. The lowest BCUT2D eigenvalue weighted by Crippen LogP contribution is -2.50. The van der Waals surface area contributed by atoms with E-state index in [0.717, 1.165) is 32.1 Å². The molecule has 0 aromatic rings. The summed E-state index contributed by atoms with van der Waals surface area (Å²) in [4.78, 5) is 25.3. The van der Waals surface area contributed by atoms with Gasteiger partial charge in [0.2, 0.25) is 5.91 Å². The number of unbranched alkanes of at least 4 members (excludes halogenated alkanes) is 1. The van der Waals surface area contributed by atoms with E-state index in [1.54, 1.807) is 0 Å². The Kier molecular flexibility index (Phi) is 4.45. The average Bonchev–Trinajstić information content (AvgIpc) is 2.93. The van der Waals surface area contributed by atoms with Crippen LogP contribution in [0, 0.1) is 11.8 Å². The molecular formula is C14H24N2O3.